The molecule has 3 rings (SSSR count). The van der Waals surface area contributed by atoms with E-state index in [2.05, 4.69) is 5.32 Å². The summed E-state index contributed by atoms with van der Waals surface area (Å²) in [6.45, 7) is 0. The number of hydrogen-bond acceptors (Lipinski definition) is 1. The number of fused-ring (bicyclic) bond motifs is 1. The highest BCUT2D eigenvalue weighted by Crippen LogP contribution is 2.33. The fraction of sp³-hybridized carbons (Fsp3) is 0. The summed E-state index contributed by atoms with van der Waals surface area (Å²) in [6.07, 6.45) is 5.67. The number of carbonyl (C=O) groups excluding carboxylic acids is 1. The van der Waals surface area contributed by atoms with Crippen LogP contribution in [-0.4, -0.2) is 5.91 Å². The monoisotopic (exact) mass is 281 g/mol. The molecule has 20 heavy (non-hydrogen) atoms. The first kappa shape index (κ1) is 12.7. The summed E-state index contributed by atoms with van der Waals surface area (Å²) in [4.78, 5) is 11.9. The number of hydrogen-bond donors (Lipinski definition) is 1. The fourth-order valence-corrected chi connectivity index (χ4v) is 2.32. The predicted octanol–water partition coefficient (Wildman–Crippen LogP) is 4.39. The first-order chi connectivity index (χ1) is 9.74. The number of benzene rings is 2. The summed E-state index contributed by atoms with van der Waals surface area (Å²) in [5, 5.41) is 3.43. The maximum atomic E-state index is 11.9. The van der Waals surface area contributed by atoms with E-state index >= 15 is 0 Å². The summed E-state index contributed by atoms with van der Waals surface area (Å²) in [7, 11) is 0. The van der Waals surface area contributed by atoms with Gasteiger partial charge in [0.05, 0.1) is 5.69 Å². The molecule has 1 amide bonds. The lowest BCUT2D eigenvalue weighted by molar-refractivity contribution is -0.110. The normalized spacial score (nSPS) is 15.7. The highest BCUT2D eigenvalue weighted by Gasteiger charge is 2.23. The van der Waals surface area contributed by atoms with E-state index in [1.807, 2.05) is 54.6 Å². The van der Waals surface area contributed by atoms with E-state index in [1.165, 1.54) is 0 Å². The number of carbonyl (C=O) groups is 1. The average Bonchev–Trinajstić information content (AvgIpc) is 2.75. The van der Waals surface area contributed by atoms with Gasteiger partial charge in [0.25, 0.3) is 5.91 Å². The second-order valence-electron chi connectivity index (χ2n) is 4.49. The molecule has 1 aliphatic rings. The Labute approximate surface area is 122 Å². The Kier molecular flexibility index (Phi) is 3.40. The van der Waals surface area contributed by atoms with Crippen molar-refractivity contribution in [3.8, 4) is 0 Å². The molecule has 1 aliphatic heterocycles. The van der Waals surface area contributed by atoms with Gasteiger partial charge in [0.2, 0.25) is 0 Å². The molecule has 2 aromatic rings. The Morgan fingerprint density at radius 3 is 2.65 bits per heavy atom. The minimum Gasteiger partial charge on any atom is -0.321 e. The number of anilines is 1. The predicted molar refractivity (Wildman–Crippen MR) is 83.5 cm³/mol. The third-order valence-electron chi connectivity index (χ3n) is 3.12. The van der Waals surface area contributed by atoms with Crippen molar-refractivity contribution in [1.82, 2.24) is 0 Å². The third-order valence-corrected chi connectivity index (χ3v) is 3.35. The van der Waals surface area contributed by atoms with Crippen molar-refractivity contribution in [3.63, 3.8) is 0 Å². The Morgan fingerprint density at radius 1 is 1.05 bits per heavy atom. The van der Waals surface area contributed by atoms with Crippen LogP contribution in [0.5, 0.6) is 0 Å². The van der Waals surface area contributed by atoms with Gasteiger partial charge in [0.1, 0.15) is 0 Å². The van der Waals surface area contributed by atoms with Crippen LogP contribution in [0.25, 0.3) is 11.6 Å². The van der Waals surface area contributed by atoms with Crippen LogP contribution in [0.3, 0.4) is 0 Å². The number of allylic oxidation sites excluding steroid dienone is 2. The van der Waals surface area contributed by atoms with Crippen LogP contribution >= 0.6 is 11.6 Å². The summed E-state index contributed by atoms with van der Waals surface area (Å²) >= 11 is 5.92. The van der Waals surface area contributed by atoms with Crippen LogP contribution < -0.4 is 5.32 Å². The van der Waals surface area contributed by atoms with Gasteiger partial charge in [-0.2, -0.15) is 0 Å². The van der Waals surface area contributed by atoms with Crippen molar-refractivity contribution in [3.05, 3.63) is 76.8 Å². The Morgan fingerprint density at radius 2 is 1.85 bits per heavy atom. The van der Waals surface area contributed by atoms with Gasteiger partial charge in [-0.25, -0.2) is 0 Å². The van der Waals surface area contributed by atoms with Gasteiger partial charge >= 0.3 is 0 Å². The smallest absolute Gasteiger partial charge is 0.256 e. The van der Waals surface area contributed by atoms with E-state index in [-0.39, 0.29) is 5.91 Å². The molecule has 0 atom stereocenters. The lowest BCUT2D eigenvalue weighted by Crippen LogP contribution is -2.03. The van der Waals surface area contributed by atoms with Crippen LogP contribution in [0.15, 0.2) is 60.7 Å². The quantitative estimate of drug-likeness (QED) is 0.813. The maximum Gasteiger partial charge on any atom is 0.256 e. The van der Waals surface area contributed by atoms with Crippen LogP contribution in [0.2, 0.25) is 5.02 Å². The van der Waals surface area contributed by atoms with Gasteiger partial charge < -0.3 is 5.32 Å². The summed E-state index contributed by atoms with van der Waals surface area (Å²) in [6, 6.07) is 15.4. The zero-order valence-electron chi connectivity index (χ0n) is 10.6. The molecule has 0 radical (unpaired) electrons. The molecule has 3 heteroatoms. The molecular formula is C17H12ClNO. The largest absolute Gasteiger partial charge is 0.321 e. The van der Waals surface area contributed by atoms with Crippen molar-refractivity contribution in [1.29, 1.82) is 0 Å². The maximum absolute atomic E-state index is 11.9. The number of amides is 1. The van der Waals surface area contributed by atoms with Crippen molar-refractivity contribution < 1.29 is 4.79 Å². The van der Waals surface area contributed by atoms with Crippen molar-refractivity contribution in [2.24, 2.45) is 0 Å². The lowest BCUT2D eigenvalue weighted by Gasteiger charge is -1.97. The molecule has 0 bridgehead atoms. The molecule has 0 saturated heterocycles. The van der Waals surface area contributed by atoms with E-state index in [0.29, 0.717) is 10.6 Å². The van der Waals surface area contributed by atoms with E-state index in [4.69, 9.17) is 11.6 Å². The molecule has 2 nitrogen and oxygen atoms in total. The van der Waals surface area contributed by atoms with Crippen LogP contribution in [-0.2, 0) is 4.79 Å². The molecule has 1 heterocycles. The minimum atomic E-state index is -0.0972. The molecule has 0 aliphatic carbocycles. The van der Waals surface area contributed by atoms with E-state index in [9.17, 15) is 4.79 Å². The third kappa shape index (κ3) is 2.51. The Balaban J connectivity index is 1.90. The SMILES string of the molecule is O=C1Nc2cc(Cl)ccc2/C1=C/C=C/c1ccccc1. The second-order valence-corrected chi connectivity index (χ2v) is 4.93. The average molecular weight is 282 g/mol. The van der Waals surface area contributed by atoms with Crippen molar-refractivity contribution >= 4 is 34.8 Å². The minimum absolute atomic E-state index is 0.0972. The highest BCUT2D eigenvalue weighted by molar-refractivity contribution is 6.34. The topological polar surface area (TPSA) is 29.1 Å². The van der Waals surface area contributed by atoms with E-state index < -0.39 is 0 Å². The van der Waals surface area contributed by atoms with Gasteiger partial charge in [0.15, 0.2) is 0 Å². The fourth-order valence-electron chi connectivity index (χ4n) is 2.15. The number of rotatable bonds is 2. The van der Waals surface area contributed by atoms with Gasteiger partial charge in [0, 0.05) is 16.2 Å². The lowest BCUT2D eigenvalue weighted by atomic mass is 10.1. The summed E-state index contributed by atoms with van der Waals surface area (Å²) < 4.78 is 0. The highest BCUT2D eigenvalue weighted by atomic mass is 35.5. The molecule has 0 saturated carbocycles. The molecule has 0 spiro atoms. The molecule has 0 unspecified atom stereocenters. The zero-order valence-corrected chi connectivity index (χ0v) is 11.4. The van der Waals surface area contributed by atoms with Crippen LogP contribution in [0.4, 0.5) is 5.69 Å². The zero-order chi connectivity index (χ0) is 13.9. The van der Waals surface area contributed by atoms with Crippen molar-refractivity contribution in [2.75, 3.05) is 5.32 Å². The first-order valence-electron chi connectivity index (χ1n) is 6.29. The van der Waals surface area contributed by atoms with Gasteiger partial charge in [-0.05, 0) is 23.8 Å². The van der Waals surface area contributed by atoms with E-state index in [1.54, 1.807) is 12.1 Å². The molecule has 98 valence electrons. The standard InChI is InChI=1S/C17H12ClNO/c18-13-9-10-14-15(17(20)19-16(14)11-13)8-4-7-12-5-2-1-3-6-12/h1-11H,(H,19,20)/b7-4+,15-8-. The first-order valence-corrected chi connectivity index (χ1v) is 6.66. The summed E-state index contributed by atoms with van der Waals surface area (Å²) in [5.74, 6) is -0.0972. The Hall–Kier alpha value is -2.32. The number of nitrogens with one attached hydrogen (secondary N) is 1. The molecular weight excluding hydrogens is 270 g/mol. The van der Waals surface area contributed by atoms with Gasteiger partial charge in [-0.15, -0.1) is 0 Å². The van der Waals surface area contributed by atoms with Gasteiger partial charge in [-0.3, -0.25) is 4.79 Å². The molecule has 0 aromatic heterocycles. The Bertz CT molecular complexity index is 717. The molecule has 1 N–H and O–H groups in total. The van der Waals surface area contributed by atoms with Crippen molar-refractivity contribution in [2.45, 2.75) is 0 Å². The molecule has 2 aromatic carbocycles. The second kappa shape index (κ2) is 5.35. The van der Waals surface area contributed by atoms with Crippen LogP contribution in [0, 0.1) is 0 Å². The summed E-state index contributed by atoms with van der Waals surface area (Å²) in [5.41, 5.74) is 3.40. The number of halogens is 1. The van der Waals surface area contributed by atoms with E-state index in [0.717, 1.165) is 16.8 Å². The molecule has 0 fully saturated rings. The van der Waals surface area contributed by atoms with Gasteiger partial charge in [-0.1, -0.05) is 60.2 Å². The van der Waals surface area contributed by atoms with Crippen LogP contribution in [0.1, 0.15) is 11.1 Å².